The second kappa shape index (κ2) is 6.04. The maximum atomic E-state index is 12.1. The molecule has 0 aliphatic rings. The molecule has 1 aromatic rings. The molecule has 0 fully saturated rings. The lowest BCUT2D eigenvalue weighted by molar-refractivity contribution is -0.276. The molecule has 0 saturated carbocycles. The van der Waals surface area contributed by atoms with Gasteiger partial charge in [0.15, 0.2) is 0 Å². The molecule has 0 aromatic carbocycles. The lowest BCUT2D eigenvalue weighted by Crippen LogP contribution is -2.19. The van der Waals surface area contributed by atoms with Crippen molar-refractivity contribution in [2.24, 2.45) is 0 Å². The normalized spacial score (nSPS) is 11.2. The van der Waals surface area contributed by atoms with Gasteiger partial charge in [0.05, 0.1) is 12.7 Å². The highest BCUT2D eigenvalue weighted by Gasteiger charge is 2.32. The maximum absolute atomic E-state index is 12.1. The molecule has 0 spiro atoms. The molecular weight excluding hydrogens is 434 g/mol. The van der Waals surface area contributed by atoms with Crippen molar-refractivity contribution < 1.29 is 27.4 Å². The summed E-state index contributed by atoms with van der Waals surface area (Å²) in [5, 5.41) is 0.259. The van der Waals surface area contributed by atoms with E-state index in [1.807, 2.05) is 0 Å². The molecule has 0 unspecified atom stereocenters. The Balaban J connectivity index is 3.26. The Kier molecular flexibility index (Phi) is 5.20. The number of alkyl halides is 4. The Labute approximate surface area is 122 Å². The van der Waals surface area contributed by atoms with Crippen LogP contribution in [0.15, 0.2) is 6.07 Å². The Morgan fingerprint density at radius 1 is 1.56 bits per heavy atom. The fourth-order valence-corrected chi connectivity index (χ4v) is 2.92. The molecule has 0 bridgehead atoms. The summed E-state index contributed by atoms with van der Waals surface area (Å²) >= 11 is 4.84. The first-order valence-corrected chi connectivity index (χ1v) is 6.58. The number of carbonyl (C=O) groups is 1. The van der Waals surface area contributed by atoms with Gasteiger partial charge >= 0.3 is 12.3 Å². The molecule has 0 aliphatic heterocycles. The van der Waals surface area contributed by atoms with E-state index in [1.54, 1.807) is 22.6 Å². The number of methoxy groups -OCH3 is 1. The average molecular weight is 440 g/mol. The van der Waals surface area contributed by atoms with Crippen molar-refractivity contribution in [3.63, 3.8) is 0 Å². The van der Waals surface area contributed by atoms with Crippen LogP contribution >= 0.6 is 38.5 Å². The number of aromatic nitrogens is 1. The third-order valence-corrected chi connectivity index (χ3v) is 3.26. The van der Waals surface area contributed by atoms with Crippen LogP contribution in [0.25, 0.3) is 0 Å². The number of esters is 1. The summed E-state index contributed by atoms with van der Waals surface area (Å²) in [6.07, 6.45) is -4.86. The van der Waals surface area contributed by atoms with Crippen LogP contribution < -0.4 is 4.74 Å². The Bertz CT molecular complexity index is 467. The summed E-state index contributed by atoms with van der Waals surface area (Å²) in [6.45, 7) is 0. The van der Waals surface area contributed by atoms with E-state index in [-0.39, 0.29) is 14.6 Å². The van der Waals surface area contributed by atoms with E-state index in [1.165, 1.54) is 0 Å². The van der Waals surface area contributed by atoms with Gasteiger partial charge in [-0.1, -0.05) is 15.9 Å². The number of pyridine rings is 1. The molecule has 0 N–H and O–H groups in total. The lowest BCUT2D eigenvalue weighted by atomic mass is 10.1. The molecule has 0 aliphatic carbocycles. The molecule has 0 atom stereocenters. The number of ether oxygens (including phenoxy) is 2. The highest BCUT2D eigenvalue weighted by atomic mass is 127. The van der Waals surface area contributed by atoms with Crippen molar-refractivity contribution in [1.82, 2.24) is 4.98 Å². The van der Waals surface area contributed by atoms with Crippen LogP contribution in [0.2, 0.25) is 0 Å². The molecule has 100 valence electrons. The van der Waals surface area contributed by atoms with Gasteiger partial charge in [0.2, 0.25) is 5.88 Å². The van der Waals surface area contributed by atoms with Crippen molar-refractivity contribution in [2.75, 3.05) is 7.11 Å². The van der Waals surface area contributed by atoms with Crippen molar-refractivity contribution in [2.45, 2.75) is 11.7 Å². The van der Waals surface area contributed by atoms with Gasteiger partial charge in [-0.3, -0.25) is 0 Å². The number of hydrogen-bond acceptors (Lipinski definition) is 4. The Morgan fingerprint density at radius 3 is 2.61 bits per heavy atom. The van der Waals surface area contributed by atoms with Crippen LogP contribution in [0.3, 0.4) is 0 Å². The second-order valence-electron chi connectivity index (χ2n) is 2.95. The number of hydrogen-bond donors (Lipinski definition) is 0. The molecule has 4 nitrogen and oxygen atoms in total. The summed E-state index contributed by atoms with van der Waals surface area (Å²) < 4.78 is 44.6. The van der Waals surface area contributed by atoms with Gasteiger partial charge in [0, 0.05) is 17.0 Å². The van der Waals surface area contributed by atoms with Crippen molar-refractivity contribution in [3.05, 3.63) is 20.9 Å². The fourth-order valence-electron chi connectivity index (χ4n) is 1.11. The van der Waals surface area contributed by atoms with Crippen LogP contribution in [-0.4, -0.2) is 24.4 Å². The molecule has 0 saturated heterocycles. The SMILES string of the molecule is COC(=O)c1cc(OC(F)(F)F)nc(I)c1CBr. The second-order valence-corrected chi connectivity index (χ2v) is 4.53. The quantitative estimate of drug-likeness (QED) is 0.314. The molecular formula is C9H6BrF3INO3. The molecule has 0 amide bonds. The smallest absolute Gasteiger partial charge is 0.465 e. The fraction of sp³-hybridized carbons (Fsp3) is 0.333. The van der Waals surface area contributed by atoms with Gasteiger partial charge in [0.1, 0.15) is 3.70 Å². The Hall–Kier alpha value is -0.580. The zero-order chi connectivity index (χ0) is 13.9. The predicted octanol–water partition coefficient (Wildman–Crippen LogP) is 3.27. The van der Waals surface area contributed by atoms with E-state index < -0.39 is 18.2 Å². The minimum atomic E-state index is -4.86. The molecule has 1 aromatic heterocycles. The van der Waals surface area contributed by atoms with E-state index in [0.717, 1.165) is 13.2 Å². The highest BCUT2D eigenvalue weighted by molar-refractivity contribution is 14.1. The van der Waals surface area contributed by atoms with Gasteiger partial charge < -0.3 is 9.47 Å². The summed E-state index contributed by atoms with van der Waals surface area (Å²) in [5.74, 6) is -1.45. The monoisotopic (exact) mass is 439 g/mol. The maximum Gasteiger partial charge on any atom is 0.574 e. The number of rotatable bonds is 3. The van der Waals surface area contributed by atoms with Crippen LogP contribution in [0.5, 0.6) is 5.88 Å². The van der Waals surface area contributed by atoms with Crippen LogP contribution in [0, 0.1) is 3.70 Å². The van der Waals surface area contributed by atoms with Crippen LogP contribution in [0.4, 0.5) is 13.2 Å². The van der Waals surface area contributed by atoms with Crippen LogP contribution in [-0.2, 0) is 10.1 Å². The van der Waals surface area contributed by atoms with Gasteiger partial charge in [-0.2, -0.15) is 0 Å². The van der Waals surface area contributed by atoms with Crippen LogP contribution in [0.1, 0.15) is 15.9 Å². The number of carbonyl (C=O) groups excluding carboxylic acids is 1. The molecule has 1 rings (SSSR count). The molecule has 0 radical (unpaired) electrons. The first-order valence-electron chi connectivity index (χ1n) is 4.38. The summed E-state index contributed by atoms with van der Waals surface area (Å²) in [7, 11) is 1.14. The summed E-state index contributed by atoms with van der Waals surface area (Å²) in [5.41, 5.74) is 0.421. The third kappa shape index (κ3) is 3.97. The first-order chi connectivity index (χ1) is 8.28. The van der Waals surface area contributed by atoms with Gasteiger partial charge in [-0.15, -0.1) is 13.2 Å². The van der Waals surface area contributed by atoms with E-state index in [2.05, 4.69) is 30.4 Å². The van der Waals surface area contributed by atoms with E-state index in [0.29, 0.717) is 5.56 Å². The summed E-state index contributed by atoms with van der Waals surface area (Å²) in [4.78, 5) is 15.1. The zero-order valence-corrected chi connectivity index (χ0v) is 12.6. The Morgan fingerprint density at radius 2 is 2.17 bits per heavy atom. The summed E-state index contributed by atoms with van der Waals surface area (Å²) in [6, 6.07) is 0.901. The van der Waals surface area contributed by atoms with E-state index in [4.69, 9.17) is 0 Å². The average Bonchev–Trinajstić information content (AvgIpc) is 2.25. The number of nitrogens with zero attached hydrogens (tertiary/aromatic N) is 1. The van der Waals surface area contributed by atoms with Gasteiger partial charge in [-0.25, -0.2) is 9.78 Å². The predicted molar refractivity (Wildman–Crippen MR) is 67.6 cm³/mol. The van der Waals surface area contributed by atoms with E-state index in [9.17, 15) is 18.0 Å². The van der Waals surface area contributed by atoms with Gasteiger partial charge in [0.25, 0.3) is 0 Å². The van der Waals surface area contributed by atoms with Gasteiger partial charge in [-0.05, 0) is 22.6 Å². The first kappa shape index (κ1) is 15.5. The molecule has 1 heterocycles. The minimum absolute atomic E-state index is 0.0203. The largest absolute Gasteiger partial charge is 0.574 e. The highest BCUT2D eigenvalue weighted by Crippen LogP contribution is 2.27. The minimum Gasteiger partial charge on any atom is -0.465 e. The molecule has 18 heavy (non-hydrogen) atoms. The third-order valence-electron chi connectivity index (χ3n) is 1.81. The standard InChI is InChI=1S/C9H6BrF3INO3/c1-17-8(16)4-2-6(18-9(11,12)13)15-7(14)5(4)3-10/h2H,3H2,1H3. The molecule has 9 heteroatoms. The van der Waals surface area contributed by atoms with Crippen molar-refractivity contribution in [1.29, 1.82) is 0 Å². The van der Waals surface area contributed by atoms with E-state index >= 15 is 0 Å². The zero-order valence-electron chi connectivity index (χ0n) is 8.85. The van der Waals surface area contributed by atoms with Crippen molar-refractivity contribution in [3.8, 4) is 5.88 Å². The lowest BCUT2D eigenvalue weighted by Gasteiger charge is -2.12. The van der Waals surface area contributed by atoms with Crippen molar-refractivity contribution >= 4 is 44.5 Å². The topological polar surface area (TPSA) is 48.4 Å². The number of halogens is 5.